The second-order valence-corrected chi connectivity index (χ2v) is 8.18. The molecule has 0 fully saturated rings. The number of imidazole rings is 1. The maximum absolute atomic E-state index is 13.7. The third-order valence-corrected chi connectivity index (χ3v) is 5.66. The Labute approximate surface area is 200 Å². The molecule has 0 aliphatic carbocycles. The molecule has 0 aliphatic rings. The Bertz CT molecular complexity index is 1480. The molecule has 0 aliphatic heterocycles. The number of hydrogen-bond acceptors (Lipinski definition) is 6. The van der Waals surface area contributed by atoms with Crippen LogP contribution in [0.5, 0.6) is 0 Å². The number of nitrogens with zero attached hydrogens (tertiary/aromatic N) is 5. The molecule has 5 aromatic rings. The van der Waals surface area contributed by atoms with Gasteiger partial charge >= 0.3 is 0 Å². The van der Waals surface area contributed by atoms with Crippen molar-refractivity contribution in [2.75, 3.05) is 5.32 Å². The van der Waals surface area contributed by atoms with Gasteiger partial charge in [0.1, 0.15) is 17.7 Å². The van der Waals surface area contributed by atoms with Crippen LogP contribution in [0.4, 0.5) is 5.82 Å². The summed E-state index contributed by atoms with van der Waals surface area (Å²) >= 11 is 6.40. The molecule has 10 heteroatoms. The minimum absolute atomic E-state index is 0. The van der Waals surface area contributed by atoms with Gasteiger partial charge in [-0.25, -0.2) is 19.9 Å². The van der Waals surface area contributed by atoms with E-state index < -0.39 is 0 Å². The zero-order valence-corrected chi connectivity index (χ0v) is 19.4. The van der Waals surface area contributed by atoms with Gasteiger partial charge in [-0.2, -0.15) is 0 Å². The van der Waals surface area contributed by atoms with Gasteiger partial charge in [-0.1, -0.05) is 49.7 Å². The summed E-state index contributed by atoms with van der Waals surface area (Å²) in [6.45, 7) is 4.12. The van der Waals surface area contributed by atoms with Crippen LogP contribution < -0.4 is 10.9 Å². The van der Waals surface area contributed by atoms with E-state index in [0.717, 1.165) is 0 Å². The lowest BCUT2D eigenvalue weighted by Crippen LogP contribution is -2.30. The number of aromatic amines is 1. The van der Waals surface area contributed by atoms with Gasteiger partial charge < -0.3 is 10.3 Å². The first-order chi connectivity index (χ1) is 15.5. The van der Waals surface area contributed by atoms with E-state index in [1.165, 1.54) is 6.33 Å². The molecule has 0 radical (unpaired) electrons. The molecule has 0 spiro atoms. The van der Waals surface area contributed by atoms with Crippen LogP contribution >= 0.6 is 24.0 Å². The summed E-state index contributed by atoms with van der Waals surface area (Å²) < 4.78 is 1.62. The number of benzene rings is 2. The summed E-state index contributed by atoms with van der Waals surface area (Å²) in [7, 11) is 0. The Balaban J connectivity index is 0.00000259. The summed E-state index contributed by atoms with van der Waals surface area (Å²) in [5.74, 6) is 1.23. The first-order valence-corrected chi connectivity index (χ1v) is 10.6. The summed E-state index contributed by atoms with van der Waals surface area (Å²) in [4.78, 5) is 34.4. The fourth-order valence-electron chi connectivity index (χ4n) is 3.79. The molecule has 33 heavy (non-hydrogen) atoms. The van der Waals surface area contributed by atoms with Crippen LogP contribution in [0.3, 0.4) is 0 Å². The monoisotopic (exact) mass is 481 g/mol. The zero-order chi connectivity index (χ0) is 22.2. The quantitative estimate of drug-likeness (QED) is 0.368. The van der Waals surface area contributed by atoms with E-state index in [9.17, 15) is 4.79 Å². The highest BCUT2D eigenvalue weighted by molar-refractivity contribution is 6.35. The Morgan fingerprint density at radius 1 is 1.03 bits per heavy atom. The van der Waals surface area contributed by atoms with E-state index in [-0.39, 0.29) is 29.9 Å². The number of hydrogen-bond donors (Lipinski definition) is 2. The van der Waals surface area contributed by atoms with Crippen molar-refractivity contribution in [2.45, 2.75) is 19.9 Å². The largest absolute Gasteiger partial charge is 0.358 e. The van der Waals surface area contributed by atoms with Gasteiger partial charge in [0.05, 0.1) is 34.0 Å². The molecule has 0 saturated carbocycles. The third-order valence-electron chi connectivity index (χ3n) is 5.35. The second-order valence-electron chi connectivity index (χ2n) is 7.77. The molecule has 2 aromatic carbocycles. The van der Waals surface area contributed by atoms with Crippen LogP contribution in [-0.2, 0) is 0 Å². The molecule has 8 nitrogen and oxygen atoms in total. The molecule has 5 rings (SSSR count). The second kappa shape index (κ2) is 9.17. The average Bonchev–Trinajstić information content (AvgIpc) is 3.27. The first kappa shape index (κ1) is 22.7. The molecule has 2 N–H and O–H groups in total. The molecule has 168 valence electrons. The lowest BCUT2D eigenvalue weighted by Gasteiger charge is -2.26. The number of rotatable bonds is 5. The fraction of sp³-hybridized carbons (Fsp3) is 0.174. The minimum atomic E-state index is -0.340. The number of para-hydroxylation sites is 1. The van der Waals surface area contributed by atoms with Crippen molar-refractivity contribution in [2.24, 2.45) is 5.92 Å². The number of fused-ring (bicyclic) bond motifs is 2. The highest BCUT2D eigenvalue weighted by Crippen LogP contribution is 2.30. The zero-order valence-electron chi connectivity index (χ0n) is 17.9. The maximum Gasteiger partial charge on any atom is 0.267 e. The SMILES string of the molecule is CC(C)C(Nc1ncnc2nc[nH]c12)c1nc2cccc(Cl)c2c(=O)n1-c1ccccc1.Cl. The first-order valence-electron chi connectivity index (χ1n) is 10.2. The third kappa shape index (κ3) is 4.03. The van der Waals surface area contributed by atoms with Crippen molar-refractivity contribution in [3.8, 4) is 5.69 Å². The molecule has 3 heterocycles. The maximum atomic E-state index is 13.7. The molecule has 1 atom stereocenters. The van der Waals surface area contributed by atoms with Crippen molar-refractivity contribution in [1.82, 2.24) is 29.5 Å². The molecule has 0 bridgehead atoms. The predicted molar refractivity (Wildman–Crippen MR) is 132 cm³/mol. The van der Waals surface area contributed by atoms with E-state index in [0.29, 0.717) is 44.4 Å². The number of nitrogens with one attached hydrogen (secondary N) is 2. The van der Waals surface area contributed by atoms with Crippen LogP contribution in [0.1, 0.15) is 25.7 Å². The van der Waals surface area contributed by atoms with Gasteiger partial charge in [0.25, 0.3) is 5.56 Å². The van der Waals surface area contributed by atoms with Gasteiger partial charge in [0, 0.05) is 0 Å². The molecule has 0 amide bonds. The Kier molecular flexibility index (Phi) is 6.31. The molecule has 3 aromatic heterocycles. The number of H-pyrrole nitrogens is 1. The van der Waals surface area contributed by atoms with E-state index in [1.54, 1.807) is 29.1 Å². The van der Waals surface area contributed by atoms with Crippen molar-refractivity contribution in [3.05, 3.63) is 82.4 Å². The average molecular weight is 482 g/mol. The Hall–Kier alpha value is -3.49. The summed E-state index contributed by atoms with van der Waals surface area (Å²) in [5.41, 5.74) is 2.29. The summed E-state index contributed by atoms with van der Waals surface area (Å²) in [6, 6.07) is 14.4. The predicted octanol–water partition coefficient (Wildman–Crippen LogP) is 4.94. The van der Waals surface area contributed by atoms with Gasteiger partial charge in [-0.3, -0.25) is 9.36 Å². The van der Waals surface area contributed by atoms with Crippen LogP contribution in [0.25, 0.3) is 27.8 Å². The van der Waals surface area contributed by atoms with Crippen molar-refractivity contribution < 1.29 is 0 Å². The topological polar surface area (TPSA) is 101 Å². The van der Waals surface area contributed by atoms with Crippen LogP contribution in [0.2, 0.25) is 5.02 Å². The summed E-state index contributed by atoms with van der Waals surface area (Å²) in [5, 5.41) is 4.23. The normalized spacial score (nSPS) is 12.1. The molecule has 1 unspecified atom stereocenters. The molecule has 0 saturated heterocycles. The van der Waals surface area contributed by atoms with Crippen LogP contribution in [0, 0.1) is 5.92 Å². The highest BCUT2D eigenvalue weighted by atomic mass is 35.5. The number of halogens is 2. The van der Waals surface area contributed by atoms with E-state index >= 15 is 0 Å². The fourth-order valence-corrected chi connectivity index (χ4v) is 4.04. The van der Waals surface area contributed by atoms with E-state index in [2.05, 4.69) is 39.1 Å². The Morgan fingerprint density at radius 2 is 1.82 bits per heavy atom. The highest BCUT2D eigenvalue weighted by Gasteiger charge is 2.26. The lowest BCUT2D eigenvalue weighted by molar-refractivity contribution is 0.509. The minimum Gasteiger partial charge on any atom is -0.358 e. The van der Waals surface area contributed by atoms with Gasteiger partial charge in [-0.05, 0) is 30.2 Å². The van der Waals surface area contributed by atoms with E-state index in [4.69, 9.17) is 16.6 Å². The van der Waals surface area contributed by atoms with Crippen molar-refractivity contribution in [3.63, 3.8) is 0 Å². The van der Waals surface area contributed by atoms with Crippen molar-refractivity contribution >= 4 is 51.9 Å². The smallest absolute Gasteiger partial charge is 0.267 e. The van der Waals surface area contributed by atoms with Gasteiger partial charge in [-0.15, -0.1) is 12.4 Å². The van der Waals surface area contributed by atoms with Gasteiger partial charge in [0.2, 0.25) is 0 Å². The van der Waals surface area contributed by atoms with Crippen LogP contribution in [0.15, 0.2) is 66.0 Å². The van der Waals surface area contributed by atoms with E-state index in [1.807, 2.05) is 30.3 Å². The summed E-state index contributed by atoms with van der Waals surface area (Å²) in [6.07, 6.45) is 3.03. The van der Waals surface area contributed by atoms with Crippen LogP contribution in [-0.4, -0.2) is 29.5 Å². The standard InChI is InChI=1S/C23H20ClN7O.ClH/c1-13(2)18(30-21-19-20(26-11-25-19)27-12-28-21)22-29-16-10-6-9-15(24)17(16)23(32)31(22)14-7-4-3-5-8-14;/h3-13,18H,1-2H3,(H2,25,26,27,28,30);1H. The number of aromatic nitrogens is 6. The lowest BCUT2D eigenvalue weighted by atomic mass is 10.0. The Morgan fingerprint density at radius 3 is 2.58 bits per heavy atom. The van der Waals surface area contributed by atoms with Gasteiger partial charge in [0.15, 0.2) is 11.5 Å². The molecular formula is C23H21Cl2N7O. The number of anilines is 1. The molecular weight excluding hydrogens is 461 g/mol. The van der Waals surface area contributed by atoms with Crippen molar-refractivity contribution in [1.29, 1.82) is 0 Å².